The molecule has 0 bridgehead atoms. The van der Waals surface area contributed by atoms with E-state index in [0.717, 1.165) is 19.4 Å². The van der Waals surface area contributed by atoms with Crippen LogP contribution in [0.25, 0.3) is 0 Å². The minimum atomic E-state index is -0.223. The summed E-state index contributed by atoms with van der Waals surface area (Å²) in [6, 6.07) is 9.09. The number of ether oxygens (including phenoxy) is 2. The normalized spacial score (nSPS) is 10.5. The lowest BCUT2D eigenvalue weighted by Crippen LogP contribution is -2.06. The minimum absolute atomic E-state index is 0.223. The van der Waals surface area contributed by atoms with Gasteiger partial charge in [-0.05, 0) is 31.1 Å². The van der Waals surface area contributed by atoms with Crippen molar-refractivity contribution in [3.8, 4) is 5.75 Å². The van der Waals surface area contributed by atoms with Crippen molar-refractivity contribution in [2.24, 2.45) is 0 Å². The number of allylic oxidation sites excluding steroid dienone is 1. The van der Waals surface area contributed by atoms with Crippen LogP contribution in [0.3, 0.4) is 0 Å². The maximum atomic E-state index is 11.5. The molecular weight excluding hydrogens is 228 g/mol. The van der Waals surface area contributed by atoms with Crippen LogP contribution < -0.4 is 4.74 Å². The fourth-order valence-electron chi connectivity index (χ4n) is 1.30. The van der Waals surface area contributed by atoms with Crippen molar-refractivity contribution in [3.05, 3.63) is 42.7 Å². The Morgan fingerprint density at radius 1 is 1.28 bits per heavy atom. The number of carbonyl (C=O) groups is 1. The van der Waals surface area contributed by atoms with Gasteiger partial charge in [0.15, 0.2) is 0 Å². The number of esters is 1. The Balaban J connectivity index is 2.10. The molecule has 1 aromatic rings. The molecule has 0 saturated heterocycles. The molecule has 1 aromatic carbocycles. The first-order chi connectivity index (χ1) is 8.83. The van der Waals surface area contributed by atoms with E-state index in [1.54, 1.807) is 18.4 Å². The summed E-state index contributed by atoms with van der Waals surface area (Å²) in [5, 5.41) is 0. The van der Waals surface area contributed by atoms with E-state index in [-0.39, 0.29) is 5.97 Å². The van der Waals surface area contributed by atoms with Crippen LogP contribution in [-0.4, -0.2) is 12.6 Å². The van der Waals surface area contributed by atoms with E-state index in [1.165, 1.54) is 0 Å². The van der Waals surface area contributed by atoms with Crippen LogP contribution in [0.15, 0.2) is 42.7 Å². The molecule has 18 heavy (non-hydrogen) atoms. The van der Waals surface area contributed by atoms with Crippen LogP contribution in [0, 0.1) is 0 Å². The van der Waals surface area contributed by atoms with E-state index in [2.05, 4.69) is 6.92 Å². The highest BCUT2D eigenvalue weighted by molar-refractivity contribution is 5.72. The van der Waals surface area contributed by atoms with Gasteiger partial charge in [-0.2, -0.15) is 0 Å². The molecule has 0 radical (unpaired) electrons. The number of hydrogen-bond donors (Lipinski definition) is 0. The number of hydrogen-bond acceptors (Lipinski definition) is 3. The van der Waals surface area contributed by atoms with E-state index in [9.17, 15) is 4.79 Å². The highest BCUT2D eigenvalue weighted by Crippen LogP contribution is 2.09. The Bertz CT molecular complexity index is 357. The molecule has 0 aliphatic carbocycles. The number of unbranched alkanes of at least 4 members (excludes halogenated alkanes) is 1. The molecule has 98 valence electrons. The van der Waals surface area contributed by atoms with E-state index in [4.69, 9.17) is 9.47 Å². The van der Waals surface area contributed by atoms with Crippen molar-refractivity contribution < 1.29 is 14.3 Å². The molecule has 0 N–H and O–H groups in total. The summed E-state index contributed by atoms with van der Waals surface area (Å²) < 4.78 is 10.4. The van der Waals surface area contributed by atoms with E-state index in [1.807, 2.05) is 24.3 Å². The molecule has 0 amide bonds. The quantitative estimate of drug-likeness (QED) is 0.304. The van der Waals surface area contributed by atoms with Crippen molar-refractivity contribution in [1.29, 1.82) is 0 Å². The molecule has 0 heterocycles. The van der Waals surface area contributed by atoms with E-state index < -0.39 is 0 Å². The molecular formula is C15H20O3. The van der Waals surface area contributed by atoms with Gasteiger partial charge in [0.05, 0.1) is 12.9 Å². The lowest BCUT2D eigenvalue weighted by atomic mass is 10.3. The zero-order valence-corrected chi connectivity index (χ0v) is 10.8. The maximum Gasteiger partial charge on any atom is 0.311 e. The molecule has 0 aromatic heterocycles. The molecule has 3 nitrogen and oxygen atoms in total. The smallest absolute Gasteiger partial charge is 0.311 e. The third-order valence-corrected chi connectivity index (χ3v) is 2.30. The summed E-state index contributed by atoms with van der Waals surface area (Å²) in [6.07, 6.45) is 6.69. The van der Waals surface area contributed by atoms with Gasteiger partial charge in [-0.25, -0.2) is 0 Å². The van der Waals surface area contributed by atoms with Crippen molar-refractivity contribution in [2.45, 2.75) is 32.6 Å². The second-order valence-electron chi connectivity index (χ2n) is 3.92. The Morgan fingerprint density at radius 3 is 2.78 bits per heavy atom. The third kappa shape index (κ3) is 6.74. The van der Waals surface area contributed by atoms with Gasteiger partial charge in [0.1, 0.15) is 5.75 Å². The summed E-state index contributed by atoms with van der Waals surface area (Å²) >= 11 is 0. The second-order valence-corrected chi connectivity index (χ2v) is 3.92. The Morgan fingerprint density at radius 2 is 2.06 bits per heavy atom. The summed E-state index contributed by atoms with van der Waals surface area (Å²) in [4.78, 5) is 11.5. The van der Waals surface area contributed by atoms with Crippen LogP contribution in [0.1, 0.15) is 32.6 Å². The zero-order valence-electron chi connectivity index (χ0n) is 10.8. The molecule has 0 aliphatic rings. The fourth-order valence-corrected chi connectivity index (χ4v) is 1.30. The first-order valence-corrected chi connectivity index (χ1v) is 6.35. The number of carbonyl (C=O) groups excluding carboxylic acids is 1. The highest BCUT2D eigenvalue weighted by atomic mass is 16.5. The minimum Gasteiger partial charge on any atom is -0.502 e. The summed E-state index contributed by atoms with van der Waals surface area (Å²) in [5.74, 6) is 0.366. The molecule has 0 saturated carbocycles. The van der Waals surface area contributed by atoms with Gasteiger partial charge in [0, 0.05) is 6.42 Å². The van der Waals surface area contributed by atoms with Crippen LogP contribution in [-0.2, 0) is 9.53 Å². The van der Waals surface area contributed by atoms with Crippen molar-refractivity contribution in [1.82, 2.24) is 0 Å². The SMILES string of the molecule is CCCCO/C=C\CCC(=O)Oc1ccccc1. The third-order valence-electron chi connectivity index (χ3n) is 2.30. The monoisotopic (exact) mass is 248 g/mol. The number of rotatable bonds is 8. The molecule has 0 spiro atoms. The molecule has 3 heteroatoms. The summed E-state index contributed by atoms with van der Waals surface area (Å²) in [6.45, 7) is 2.86. The largest absolute Gasteiger partial charge is 0.502 e. The van der Waals surface area contributed by atoms with Gasteiger partial charge in [-0.3, -0.25) is 4.79 Å². The van der Waals surface area contributed by atoms with E-state index in [0.29, 0.717) is 18.6 Å². The van der Waals surface area contributed by atoms with Crippen molar-refractivity contribution in [2.75, 3.05) is 6.61 Å². The van der Waals surface area contributed by atoms with Crippen molar-refractivity contribution >= 4 is 5.97 Å². The van der Waals surface area contributed by atoms with Crippen LogP contribution in [0.4, 0.5) is 0 Å². The molecule has 0 fully saturated rings. The first-order valence-electron chi connectivity index (χ1n) is 6.35. The first kappa shape index (κ1) is 14.3. The fraction of sp³-hybridized carbons (Fsp3) is 0.400. The Hall–Kier alpha value is -1.77. The highest BCUT2D eigenvalue weighted by Gasteiger charge is 2.02. The van der Waals surface area contributed by atoms with Gasteiger partial charge < -0.3 is 9.47 Å². The Labute approximate surface area is 108 Å². The van der Waals surface area contributed by atoms with Crippen LogP contribution >= 0.6 is 0 Å². The average molecular weight is 248 g/mol. The lowest BCUT2D eigenvalue weighted by molar-refractivity contribution is -0.134. The van der Waals surface area contributed by atoms with Gasteiger partial charge in [0.2, 0.25) is 0 Å². The molecule has 0 unspecified atom stereocenters. The number of benzene rings is 1. The molecule has 0 atom stereocenters. The average Bonchev–Trinajstić information content (AvgIpc) is 2.39. The predicted molar refractivity (Wildman–Crippen MR) is 71.3 cm³/mol. The van der Waals surface area contributed by atoms with Gasteiger partial charge in [-0.15, -0.1) is 0 Å². The molecule has 0 aliphatic heterocycles. The van der Waals surface area contributed by atoms with Gasteiger partial charge in [-0.1, -0.05) is 31.5 Å². The topological polar surface area (TPSA) is 35.5 Å². The van der Waals surface area contributed by atoms with Crippen molar-refractivity contribution in [3.63, 3.8) is 0 Å². The predicted octanol–water partition coefficient (Wildman–Crippen LogP) is 3.70. The molecule has 1 rings (SSSR count). The lowest BCUT2D eigenvalue weighted by Gasteiger charge is -2.02. The van der Waals surface area contributed by atoms with Crippen LogP contribution in [0.5, 0.6) is 5.75 Å². The summed E-state index contributed by atoms with van der Waals surface area (Å²) in [5.41, 5.74) is 0. The number of para-hydroxylation sites is 1. The van der Waals surface area contributed by atoms with E-state index >= 15 is 0 Å². The standard InChI is InChI=1S/C15H20O3/c1-2-3-12-17-13-8-7-11-15(16)18-14-9-5-4-6-10-14/h4-6,8-10,13H,2-3,7,11-12H2,1H3/b13-8-. The van der Waals surface area contributed by atoms with Gasteiger partial charge in [0.25, 0.3) is 0 Å². The van der Waals surface area contributed by atoms with Crippen LogP contribution in [0.2, 0.25) is 0 Å². The Kier molecular flexibility index (Phi) is 7.37. The summed E-state index contributed by atoms with van der Waals surface area (Å²) in [7, 11) is 0. The second kappa shape index (κ2) is 9.28. The van der Waals surface area contributed by atoms with Gasteiger partial charge >= 0.3 is 5.97 Å². The zero-order chi connectivity index (χ0) is 13.1. The maximum absolute atomic E-state index is 11.5.